The van der Waals surface area contributed by atoms with E-state index >= 15 is 0 Å². The molecule has 0 aromatic carbocycles. The molecule has 7 nitrogen and oxygen atoms in total. The van der Waals surface area contributed by atoms with Crippen LogP contribution in [0.4, 0.5) is 0 Å². The molecule has 4 heterocycles. The summed E-state index contributed by atoms with van der Waals surface area (Å²) in [5.41, 5.74) is 2.83. The highest BCUT2D eigenvalue weighted by Crippen LogP contribution is 2.25. The van der Waals surface area contributed by atoms with Crippen molar-refractivity contribution >= 4 is 34.1 Å². The van der Waals surface area contributed by atoms with Crippen LogP contribution in [0.1, 0.15) is 39.2 Å². The molecule has 0 atom stereocenters. The van der Waals surface area contributed by atoms with E-state index in [1.54, 1.807) is 18.3 Å². The Hall–Kier alpha value is -3.03. The Balaban J connectivity index is 1.81. The summed E-state index contributed by atoms with van der Waals surface area (Å²) >= 11 is 5.87. The van der Waals surface area contributed by atoms with Crippen LogP contribution in [0.15, 0.2) is 41.3 Å². The van der Waals surface area contributed by atoms with E-state index < -0.39 is 18.6 Å². The average Bonchev–Trinajstić information content (AvgIpc) is 2.72. The van der Waals surface area contributed by atoms with Crippen molar-refractivity contribution in [3.05, 3.63) is 74.4 Å². The van der Waals surface area contributed by atoms with Crippen LogP contribution < -0.4 is 16.2 Å². The lowest BCUT2D eigenvalue weighted by molar-refractivity contribution is 0.0958. The quantitative estimate of drug-likeness (QED) is 0.609. The van der Waals surface area contributed by atoms with E-state index in [-0.39, 0.29) is 29.5 Å². The van der Waals surface area contributed by atoms with Crippen molar-refractivity contribution in [1.82, 2.24) is 25.6 Å². The lowest BCUT2D eigenvalue weighted by Crippen LogP contribution is -2.22. The monoisotopic (exact) mass is 413 g/mol. The van der Waals surface area contributed by atoms with Crippen molar-refractivity contribution < 1.29 is 10.3 Å². The van der Waals surface area contributed by atoms with E-state index in [2.05, 4.69) is 25.6 Å². The molecule has 0 fully saturated rings. The molecule has 0 bridgehead atoms. The van der Waals surface area contributed by atoms with Gasteiger partial charge in [0.15, 0.2) is 0 Å². The molecule has 0 saturated heterocycles. The number of carbonyl (C=O) groups is 1. The summed E-state index contributed by atoms with van der Waals surface area (Å²) in [5.74, 6) is -0.386. The first-order valence-electron chi connectivity index (χ1n) is 10.9. The van der Waals surface area contributed by atoms with E-state index in [9.17, 15) is 9.59 Å². The Labute approximate surface area is 177 Å². The van der Waals surface area contributed by atoms with E-state index in [1.807, 2.05) is 0 Å². The van der Waals surface area contributed by atoms with Crippen LogP contribution in [0.5, 0.6) is 0 Å². The fourth-order valence-electron chi connectivity index (χ4n) is 3.11. The first-order valence-corrected chi connectivity index (χ1v) is 9.25. The highest BCUT2D eigenvalue weighted by atomic mass is 35.5. The number of hydrogen-bond donors (Lipinski definition) is 3. The molecule has 0 saturated carbocycles. The number of rotatable bonds is 4. The van der Waals surface area contributed by atoms with Crippen molar-refractivity contribution in [2.45, 2.75) is 12.8 Å². The third-order valence-electron chi connectivity index (χ3n) is 4.54. The third kappa shape index (κ3) is 4.06. The molecule has 1 aliphatic heterocycles. The number of aromatic amines is 1. The van der Waals surface area contributed by atoms with Gasteiger partial charge in [0.2, 0.25) is 0 Å². The van der Waals surface area contributed by atoms with Crippen LogP contribution in [-0.2, 0) is 6.42 Å². The number of hydrogen-bond acceptors (Lipinski definition) is 5. The van der Waals surface area contributed by atoms with Gasteiger partial charge in [-0.25, -0.2) is 4.98 Å². The number of H-pyrrole nitrogens is 1. The van der Waals surface area contributed by atoms with Gasteiger partial charge in [0, 0.05) is 31.6 Å². The zero-order valence-corrected chi connectivity index (χ0v) is 16.2. The largest absolute Gasteiger partial charge is 0.354 e. The number of halogens is 1. The van der Waals surface area contributed by atoms with E-state index in [0.29, 0.717) is 33.4 Å². The number of aromatic nitrogens is 3. The van der Waals surface area contributed by atoms with Gasteiger partial charge in [0.05, 0.1) is 16.7 Å². The molecule has 0 spiro atoms. The molecule has 4 rings (SSSR count). The van der Waals surface area contributed by atoms with Crippen molar-refractivity contribution in [1.29, 1.82) is 0 Å². The minimum Gasteiger partial charge on any atom is -0.354 e. The van der Waals surface area contributed by atoms with Gasteiger partial charge in [-0.2, -0.15) is 0 Å². The van der Waals surface area contributed by atoms with Crippen LogP contribution >= 0.6 is 11.6 Å². The molecule has 1 aliphatic rings. The standard InChI is InChI=1S/C21H20ClN5O2/c1-23-21(29)16-3-2-14(13-4-6-24-7-5-13)17(26-16)8-12-9-19-18(25-11-12)10-15(22)20(28)27-19/h2-4,9-11,24H,5-8H2,1H3,(H,23,29)(H,27,28)/i6D2,7D2. The minimum atomic E-state index is -2.06. The Bertz CT molecular complexity index is 1360. The maximum absolute atomic E-state index is 12.2. The second kappa shape index (κ2) is 8.14. The Kier molecular flexibility index (Phi) is 4.18. The molecule has 0 aliphatic carbocycles. The number of pyridine rings is 3. The van der Waals surface area contributed by atoms with Gasteiger partial charge in [-0.3, -0.25) is 14.6 Å². The summed E-state index contributed by atoms with van der Waals surface area (Å²) in [5, 5.41) is 4.88. The Morgan fingerprint density at radius 3 is 3.03 bits per heavy atom. The summed E-state index contributed by atoms with van der Waals surface area (Å²) < 4.78 is 32.2. The number of amides is 1. The van der Waals surface area contributed by atoms with Gasteiger partial charge >= 0.3 is 0 Å². The van der Waals surface area contributed by atoms with Gasteiger partial charge in [0.1, 0.15) is 10.7 Å². The zero-order valence-electron chi connectivity index (χ0n) is 19.5. The summed E-state index contributed by atoms with van der Waals surface area (Å²) in [6.45, 7) is -4.02. The fraction of sp³-hybridized carbons (Fsp3) is 0.238. The smallest absolute Gasteiger partial charge is 0.269 e. The molecule has 29 heavy (non-hydrogen) atoms. The first kappa shape index (κ1) is 14.9. The minimum absolute atomic E-state index is 0.0337. The van der Waals surface area contributed by atoms with Gasteiger partial charge in [-0.1, -0.05) is 23.7 Å². The van der Waals surface area contributed by atoms with Gasteiger partial charge < -0.3 is 15.6 Å². The second-order valence-electron chi connectivity index (χ2n) is 6.46. The summed E-state index contributed by atoms with van der Waals surface area (Å²) in [6.07, 6.45) is 3.06. The lowest BCUT2D eigenvalue weighted by atomic mass is 9.95. The van der Waals surface area contributed by atoms with Crippen LogP contribution in [0.3, 0.4) is 0 Å². The molecule has 0 unspecified atom stereocenters. The van der Waals surface area contributed by atoms with Gasteiger partial charge in [-0.05, 0) is 47.8 Å². The zero-order chi connectivity index (χ0) is 24.0. The van der Waals surface area contributed by atoms with Crippen LogP contribution in [-0.4, -0.2) is 40.9 Å². The Morgan fingerprint density at radius 1 is 1.38 bits per heavy atom. The van der Waals surface area contributed by atoms with E-state index in [1.165, 1.54) is 25.3 Å². The molecule has 1 amide bonds. The summed E-state index contributed by atoms with van der Waals surface area (Å²) in [7, 11) is 1.49. The number of carbonyl (C=O) groups excluding carboxylic acids is 1. The molecule has 3 aromatic heterocycles. The topological polar surface area (TPSA) is 99.8 Å². The third-order valence-corrected chi connectivity index (χ3v) is 4.82. The number of nitrogens with one attached hydrogen (secondary N) is 3. The average molecular weight is 414 g/mol. The molecule has 3 aromatic rings. The normalized spacial score (nSPS) is 19.4. The maximum Gasteiger partial charge on any atom is 0.269 e. The summed E-state index contributed by atoms with van der Waals surface area (Å²) in [4.78, 5) is 35.5. The number of nitrogens with zero attached hydrogens (tertiary/aromatic N) is 2. The van der Waals surface area contributed by atoms with Crippen LogP contribution in [0, 0.1) is 0 Å². The van der Waals surface area contributed by atoms with Crippen molar-refractivity contribution in [3.8, 4) is 0 Å². The van der Waals surface area contributed by atoms with Gasteiger partial charge in [-0.15, -0.1) is 0 Å². The van der Waals surface area contributed by atoms with Crippen molar-refractivity contribution in [2.75, 3.05) is 20.0 Å². The SMILES string of the molecule is [2H]C1([2H])C=C(c2ccc(C(=O)NC)nc2Cc2cnc3cc(Cl)c(=O)[nH]c3c2)CC([2H])([2H])N1. The highest BCUT2D eigenvalue weighted by Gasteiger charge is 2.16. The lowest BCUT2D eigenvalue weighted by Gasteiger charge is -2.18. The van der Waals surface area contributed by atoms with Gasteiger partial charge in [0.25, 0.3) is 11.5 Å². The predicted molar refractivity (Wildman–Crippen MR) is 113 cm³/mol. The fourth-order valence-corrected chi connectivity index (χ4v) is 3.26. The molecule has 3 N–H and O–H groups in total. The van der Waals surface area contributed by atoms with E-state index in [4.69, 9.17) is 17.1 Å². The number of fused-ring (bicyclic) bond motifs is 1. The highest BCUT2D eigenvalue weighted by molar-refractivity contribution is 6.30. The Morgan fingerprint density at radius 2 is 2.24 bits per heavy atom. The maximum atomic E-state index is 12.2. The van der Waals surface area contributed by atoms with Crippen LogP contribution in [0.2, 0.25) is 5.02 Å². The molecule has 0 radical (unpaired) electrons. The molecule has 148 valence electrons. The molecular weight excluding hydrogens is 390 g/mol. The molecule has 8 heteroatoms. The first-order chi connectivity index (χ1) is 15.5. The van der Waals surface area contributed by atoms with Crippen molar-refractivity contribution in [2.24, 2.45) is 0 Å². The molecular formula is C21H20ClN5O2. The van der Waals surface area contributed by atoms with E-state index in [0.717, 1.165) is 0 Å². The summed E-state index contributed by atoms with van der Waals surface area (Å²) in [6, 6.07) is 6.36. The second-order valence-corrected chi connectivity index (χ2v) is 6.87. The van der Waals surface area contributed by atoms with Crippen molar-refractivity contribution in [3.63, 3.8) is 0 Å². The van der Waals surface area contributed by atoms with Crippen LogP contribution in [0.25, 0.3) is 16.6 Å². The predicted octanol–water partition coefficient (Wildman–Crippen LogP) is 2.30.